The molecule has 2 rings (SSSR count). The number of nitrogens with one attached hydrogen (secondary N) is 2. The van der Waals surface area contributed by atoms with Gasteiger partial charge in [-0.2, -0.15) is 0 Å². The molecule has 0 aliphatic heterocycles. The molecule has 2 aromatic rings. The largest absolute Gasteiger partial charge is 0.331 e. The van der Waals surface area contributed by atoms with E-state index in [-0.39, 0.29) is 16.8 Å². The van der Waals surface area contributed by atoms with Gasteiger partial charge in [0, 0.05) is 5.02 Å². The first-order valence-corrected chi connectivity index (χ1v) is 7.87. The van der Waals surface area contributed by atoms with Crippen LogP contribution in [0, 0.1) is 5.82 Å². The third-order valence-corrected chi connectivity index (χ3v) is 3.87. The van der Waals surface area contributed by atoms with Crippen LogP contribution < -0.4 is 10.6 Å². The Bertz CT molecular complexity index is 686. The van der Waals surface area contributed by atoms with E-state index in [1.54, 1.807) is 0 Å². The van der Waals surface area contributed by atoms with E-state index in [0.717, 1.165) is 11.6 Å². The molecule has 23 heavy (non-hydrogen) atoms. The number of carbonyl (C=O) groups is 1. The van der Waals surface area contributed by atoms with Gasteiger partial charge in [0.2, 0.25) is 0 Å². The lowest BCUT2D eigenvalue weighted by Gasteiger charge is -2.16. The van der Waals surface area contributed by atoms with Gasteiger partial charge in [0.25, 0.3) is 0 Å². The summed E-state index contributed by atoms with van der Waals surface area (Å²) in [4.78, 5) is 12.0. The SMILES string of the molecule is CC(C)c1ccc([C@H](C)NC(=O)Nc2ccc(Cl)cc2F)cc1. The zero-order chi connectivity index (χ0) is 17.0. The number of hydrogen-bond donors (Lipinski definition) is 2. The maximum atomic E-state index is 13.7. The van der Waals surface area contributed by atoms with Crippen LogP contribution in [-0.2, 0) is 0 Å². The second kappa shape index (κ2) is 7.47. The maximum Gasteiger partial charge on any atom is 0.319 e. The number of rotatable bonds is 4. The minimum atomic E-state index is -0.568. The minimum Gasteiger partial charge on any atom is -0.331 e. The average Bonchev–Trinajstić information content (AvgIpc) is 2.50. The van der Waals surface area contributed by atoms with Gasteiger partial charge >= 0.3 is 6.03 Å². The summed E-state index contributed by atoms with van der Waals surface area (Å²) in [5, 5.41) is 5.55. The molecule has 3 nitrogen and oxygen atoms in total. The molecule has 0 aliphatic carbocycles. The van der Waals surface area contributed by atoms with Crippen molar-refractivity contribution in [1.82, 2.24) is 5.32 Å². The first kappa shape index (κ1) is 17.3. The monoisotopic (exact) mass is 334 g/mol. The zero-order valence-corrected chi connectivity index (χ0v) is 14.1. The van der Waals surface area contributed by atoms with E-state index in [1.807, 2.05) is 19.1 Å². The van der Waals surface area contributed by atoms with Crippen LogP contribution in [0.15, 0.2) is 42.5 Å². The smallest absolute Gasteiger partial charge is 0.319 e. The molecular formula is C18H20ClFN2O. The van der Waals surface area contributed by atoms with Gasteiger partial charge in [-0.05, 0) is 42.2 Å². The summed E-state index contributed by atoms with van der Waals surface area (Å²) in [7, 11) is 0. The van der Waals surface area contributed by atoms with Crippen LogP contribution in [0.2, 0.25) is 5.02 Å². The van der Waals surface area contributed by atoms with Crippen molar-refractivity contribution in [2.24, 2.45) is 0 Å². The molecule has 2 amide bonds. The highest BCUT2D eigenvalue weighted by molar-refractivity contribution is 6.30. The molecule has 0 aromatic heterocycles. The van der Waals surface area contributed by atoms with Gasteiger partial charge in [0.1, 0.15) is 5.82 Å². The quantitative estimate of drug-likeness (QED) is 0.763. The van der Waals surface area contributed by atoms with E-state index in [4.69, 9.17) is 11.6 Å². The Labute approximate surface area is 140 Å². The molecule has 0 fully saturated rings. The van der Waals surface area contributed by atoms with Gasteiger partial charge in [0.15, 0.2) is 0 Å². The summed E-state index contributed by atoms with van der Waals surface area (Å²) in [5.74, 6) is -0.106. The fraction of sp³-hybridized carbons (Fsp3) is 0.278. The summed E-state index contributed by atoms with van der Waals surface area (Å²) < 4.78 is 13.7. The predicted molar refractivity (Wildman–Crippen MR) is 92.5 cm³/mol. The van der Waals surface area contributed by atoms with E-state index >= 15 is 0 Å². The van der Waals surface area contributed by atoms with Gasteiger partial charge < -0.3 is 10.6 Å². The Balaban J connectivity index is 1.99. The summed E-state index contributed by atoms with van der Waals surface area (Å²) >= 11 is 5.68. The highest BCUT2D eigenvalue weighted by Crippen LogP contribution is 2.20. The molecule has 5 heteroatoms. The summed E-state index contributed by atoms with van der Waals surface area (Å²) in [6.45, 7) is 6.14. The summed E-state index contributed by atoms with van der Waals surface area (Å²) in [5.41, 5.74) is 2.32. The fourth-order valence-electron chi connectivity index (χ4n) is 2.20. The van der Waals surface area contributed by atoms with Crippen molar-refractivity contribution >= 4 is 23.3 Å². The molecule has 0 aliphatic rings. The van der Waals surface area contributed by atoms with Gasteiger partial charge in [0.05, 0.1) is 11.7 Å². The standard InChI is InChI=1S/C18H20ClFN2O/c1-11(2)13-4-6-14(7-5-13)12(3)21-18(23)22-17-9-8-15(19)10-16(17)20/h4-12H,1-3H3,(H2,21,22,23)/t12-/m0/s1. The molecule has 0 radical (unpaired) electrons. The lowest BCUT2D eigenvalue weighted by atomic mass is 10.00. The Hall–Kier alpha value is -2.07. The molecule has 0 saturated carbocycles. The number of hydrogen-bond acceptors (Lipinski definition) is 1. The zero-order valence-electron chi connectivity index (χ0n) is 13.4. The second-order valence-electron chi connectivity index (χ2n) is 5.77. The van der Waals surface area contributed by atoms with E-state index in [9.17, 15) is 9.18 Å². The maximum absolute atomic E-state index is 13.7. The van der Waals surface area contributed by atoms with Crippen molar-refractivity contribution in [2.45, 2.75) is 32.7 Å². The molecule has 0 bridgehead atoms. The first-order chi connectivity index (χ1) is 10.9. The molecule has 2 aromatic carbocycles. The lowest BCUT2D eigenvalue weighted by Crippen LogP contribution is -2.31. The van der Waals surface area contributed by atoms with Crippen LogP contribution in [0.4, 0.5) is 14.9 Å². The molecule has 0 spiro atoms. The minimum absolute atomic E-state index is 0.0919. The van der Waals surface area contributed by atoms with Gasteiger partial charge in [-0.1, -0.05) is 49.7 Å². The third-order valence-electron chi connectivity index (χ3n) is 3.63. The van der Waals surface area contributed by atoms with E-state index in [1.165, 1.54) is 17.7 Å². The lowest BCUT2D eigenvalue weighted by molar-refractivity contribution is 0.249. The second-order valence-corrected chi connectivity index (χ2v) is 6.20. The first-order valence-electron chi connectivity index (χ1n) is 7.49. The average molecular weight is 335 g/mol. The van der Waals surface area contributed by atoms with Gasteiger partial charge in [-0.25, -0.2) is 9.18 Å². The molecule has 0 unspecified atom stereocenters. The van der Waals surface area contributed by atoms with E-state index < -0.39 is 11.8 Å². The number of carbonyl (C=O) groups excluding carboxylic acids is 1. The molecule has 0 heterocycles. The van der Waals surface area contributed by atoms with Crippen molar-refractivity contribution in [3.05, 3.63) is 64.4 Å². The highest BCUT2D eigenvalue weighted by atomic mass is 35.5. The Morgan fingerprint density at radius 1 is 1.04 bits per heavy atom. The summed E-state index contributed by atoms with van der Waals surface area (Å²) in [6.07, 6.45) is 0. The Kier molecular flexibility index (Phi) is 5.61. The number of halogens is 2. The van der Waals surface area contributed by atoms with E-state index in [2.05, 4.69) is 36.6 Å². The van der Waals surface area contributed by atoms with Crippen molar-refractivity contribution in [2.75, 3.05) is 5.32 Å². The topological polar surface area (TPSA) is 41.1 Å². The number of urea groups is 1. The van der Waals surface area contributed by atoms with Crippen LogP contribution in [-0.4, -0.2) is 6.03 Å². The summed E-state index contributed by atoms with van der Waals surface area (Å²) in [6, 6.07) is 11.5. The number of anilines is 1. The Morgan fingerprint density at radius 2 is 1.65 bits per heavy atom. The molecule has 2 N–H and O–H groups in total. The normalized spacial score (nSPS) is 12.1. The highest BCUT2D eigenvalue weighted by Gasteiger charge is 2.12. The van der Waals surface area contributed by atoms with Crippen LogP contribution in [0.5, 0.6) is 0 Å². The van der Waals surface area contributed by atoms with Crippen molar-refractivity contribution in [3.8, 4) is 0 Å². The third kappa shape index (κ3) is 4.70. The van der Waals surface area contributed by atoms with E-state index in [0.29, 0.717) is 5.92 Å². The van der Waals surface area contributed by atoms with Crippen LogP contribution >= 0.6 is 11.6 Å². The molecule has 1 atom stereocenters. The number of amides is 2. The van der Waals surface area contributed by atoms with Crippen molar-refractivity contribution in [3.63, 3.8) is 0 Å². The van der Waals surface area contributed by atoms with Crippen LogP contribution in [0.1, 0.15) is 43.9 Å². The van der Waals surface area contributed by atoms with Crippen LogP contribution in [0.25, 0.3) is 0 Å². The predicted octanol–water partition coefficient (Wildman–Crippen LogP) is 5.49. The number of benzene rings is 2. The molecule has 122 valence electrons. The molecular weight excluding hydrogens is 315 g/mol. The van der Waals surface area contributed by atoms with Crippen molar-refractivity contribution < 1.29 is 9.18 Å². The van der Waals surface area contributed by atoms with Gasteiger partial charge in [-0.3, -0.25) is 0 Å². The Morgan fingerprint density at radius 3 is 2.22 bits per heavy atom. The molecule has 0 saturated heterocycles. The van der Waals surface area contributed by atoms with Gasteiger partial charge in [-0.15, -0.1) is 0 Å². The van der Waals surface area contributed by atoms with Crippen LogP contribution in [0.3, 0.4) is 0 Å². The fourth-order valence-corrected chi connectivity index (χ4v) is 2.36. The van der Waals surface area contributed by atoms with Crippen molar-refractivity contribution in [1.29, 1.82) is 0 Å².